The molecule has 0 saturated heterocycles. The first-order valence-electron chi connectivity index (χ1n) is 7.50. The van der Waals surface area contributed by atoms with Gasteiger partial charge >= 0.3 is 0 Å². The molecule has 4 nitrogen and oxygen atoms in total. The number of nitrogens with zero attached hydrogens (tertiary/aromatic N) is 2. The Morgan fingerprint density at radius 1 is 1.29 bits per heavy atom. The molecule has 4 heteroatoms. The van der Waals surface area contributed by atoms with Crippen molar-refractivity contribution >= 4 is 0 Å². The van der Waals surface area contributed by atoms with Crippen LogP contribution in [0.1, 0.15) is 42.8 Å². The molecule has 0 aliphatic rings. The van der Waals surface area contributed by atoms with Gasteiger partial charge in [0, 0.05) is 19.2 Å². The largest absolute Gasteiger partial charge is 0.494 e. The second kappa shape index (κ2) is 7.27. The lowest BCUT2D eigenvalue weighted by Gasteiger charge is -2.12. The van der Waals surface area contributed by atoms with E-state index >= 15 is 0 Å². The fraction of sp³-hybridized carbons (Fsp3) is 0.471. The van der Waals surface area contributed by atoms with Crippen LogP contribution in [0.2, 0.25) is 0 Å². The first-order valence-corrected chi connectivity index (χ1v) is 7.50. The van der Waals surface area contributed by atoms with E-state index in [9.17, 15) is 5.11 Å². The molecule has 1 N–H and O–H groups in total. The first kappa shape index (κ1) is 15.6. The van der Waals surface area contributed by atoms with Gasteiger partial charge in [-0.05, 0) is 37.1 Å². The van der Waals surface area contributed by atoms with Crippen molar-refractivity contribution in [1.82, 2.24) is 9.78 Å². The average Bonchev–Trinajstić information content (AvgIpc) is 2.78. The van der Waals surface area contributed by atoms with E-state index in [2.05, 4.69) is 12.0 Å². The number of benzene rings is 1. The number of rotatable bonds is 7. The minimum Gasteiger partial charge on any atom is -0.494 e. The van der Waals surface area contributed by atoms with Gasteiger partial charge in [-0.15, -0.1) is 0 Å². The van der Waals surface area contributed by atoms with Crippen LogP contribution in [0.3, 0.4) is 0 Å². The van der Waals surface area contributed by atoms with E-state index in [1.54, 1.807) is 0 Å². The summed E-state index contributed by atoms with van der Waals surface area (Å²) in [5, 5.41) is 14.6. The van der Waals surface area contributed by atoms with Crippen LogP contribution in [0, 0.1) is 6.92 Å². The predicted molar refractivity (Wildman–Crippen MR) is 83.5 cm³/mol. The summed E-state index contributed by atoms with van der Waals surface area (Å²) in [7, 11) is 1.90. The van der Waals surface area contributed by atoms with Crippen LogP contribution in [0.5, 0.6) is 5.75 Å². The highest BCUT2D eigenvalue weighted by atomic mass is 16.5. The SMILES string of the molecule is CCCCOc1ccc(C(O)Cc2cc(C)nn2C)cc1. The van der Waals surface area contributed by atoms with Gasteiger partial charge in [0.1, 0.15) is 5.75 Å². The van der Waals surface area contributed by atoms with Gasteiger partial charge in [-0.25, -0.2) is 0 Å². The van der Waals surface area contributed by atoms with Crippen LogP contribution in [-0.2, 0) is 13.5 Å². The second-order valence-corrected chi connectivity index (χ2v) is 5.39. The third-order valence-corrected chi connectivity index (χ3v) is 3.53. The molecule has 0 amide bonds. The molecule has 114 valence electrons. The normalized spacial score (nSPS) is 12.4. The highest BCUT2D eigenvalue weighted by Gasteiger charge is 2.12. The Hall–Kier alpha value is -1.81. The van der Waals surface area contributed by atoms with Crippen molar-refractivity contribution in [2.24, 2.45) is 7.05 Å². The lowest BCUT2D eigenvalue weighted by Crippen LogP contribution is -2.06. The number of hydrogen-bond donors (Lipinski definition) is 1. The van der Waals surface area contributed by atoms with Crippen molar-refractivity contribution in [2.45, 2.75) is 39.2 Å². The Bertz CT molecular complexity index is 561. The summed E-state index contributed by atoms with van der Waals surface area (Å²) in [6, 6.07) is 9.70. The monoisotopic (exact) mass is 288 g/mol. The molecule has 1 atom stereocenters. The summed E-state index contributed by atoms with van der Waals surface area (Å²) < 4.78 is 7.45. The van der Waals surface area contributed by atoms with E-state index in [0.29, 0.717) is 6.42 Å². The molecule has 0 saturated carbocycles. The molecule has 1 aromatic carbocycles. The van der Waals surface area contributed by atoms with Crippen LogP contribution in [-0.4, -0.2) is 21.5 Å². The molecule has 21 heavy (non-hydrogen) atoms. The number of unbranched alkanes of at least 4 members (excludes halogenated alkanes) is 1. The molecule has 0 spiro atoms. The van der Waals surface area contributed by atoms with Gasteiger partial charge in [-0.1, -0.05) is 25.5 Å². The third-order valence-electron chi connectivity index (χ3n) is 3.53. The molecule has 2 rings (SSSR count). The van der Waals surface area contributed by atoms with Crippen molar-refractivity contribution < 1.29 is 9.84 Å². The Morgan fingerprint density at radius 3 is 2.57 bits per heavy atom. The maximum absolute atomic E-state index is 10.3. The molecule has 0 fully saturated rings. The maximum Gasteiger partial charge on any atom is 0.119 e. The minimum atomic E-state index is -0.524. The molecule has 0 aliphatic heterocycles. The summed E-state index contributed by atoms with van der Waals surface area (Å²) in [6.45, 7) is 4.84. The van der Waals surface area contributed by atoms with Gasteiger partial charge in [0.15, 0.2) is 0 Å². The standard InChI is InChI=1S/C17H24N2O2/c1-4-5-10-21-16-8-6-14(7-9-16)17(20)12-15-11-13(2)18-19(15)3/h6-9,11,17,20H,4-5,10,12H2,1-3H3. The Labute approximate surface area is 126 Å². The molecule has 1 aromatic heterocycles. The zero-order valence-electron chi connectivity index (χ0n) is 13.0. The fourth-order valence-electron chi connectivity index (χ4n) is 2.29. The van der Waals surface area contributed by atoms with Gasteiger partial charge in [-0.2, -0.15) is 5.10 Å². The van der Waals surface area contributed by atoms with Crippen molar-refractivity contribution in [1.29, 1.82) is 0 Å². The van der Waals surface area contributed by atoms with E-state index < -0.39 is 6.10 Å². The summed E-state index contributed by atoms with van der Waals surface area (Å²) in [4.78, 5) is 0. The minimum absolute atomic E-state index is 0.524. The summed E-state index contributed by atoms with van der Waals surface area (Å²) in [5.74, 6) is 0.857. The third kappa shape index (κ3) is 4.33. The lowest BCUT2D eigenvalue weighted by atomic mass is 10.0. The summed E-state index contributed by atoms with van der Waals surface area (Å²) in [6.07, 6.45) is 2.22. The number of hydrogen-bond acceptors (Lipinski definition) is 3. The van der Waals surface area contributed by atoms with Crippen molar-refractivity contribution in [3.63, 3.8) is 0 Å². The van der Waals surface area contributed by atoms with Gasteiger partial charge < -0.3 is 9.84 Å². The number of aliphatic hydroxyl groups is 1. The summed E-state index contributed by atoms with van der Waals surface area (Å²) >= 11 is 0. The van der Waals surface area contributed by atoms with Crippen molar-refractivity contribution in [2.75, 3.05) is 6.61 Å². The second-order valence-electron chi connectivity index (χ2n) is 5.39. The smallest absolute Gasteiger partial charge is 0.119 e. The molecular formula is C17H24N2O2. The highest BCUT2D eigenvalue weighted by Crippen LogP contribution is 2.21. The fourth-order valence-corrected chi connectivity index (χ4v) is 2.29. The maximum atomic E-state index is 10.3. The molecule has 2 aromatic rings. The van der Waals surface area contributed by atoms with Crippen LogP contribution < -0.4 is 4.74 Å². The molecule has 0 radical (unpaired) electrons. The van der Waals surface area contributed by atoms with E-state index in [-0.39, 0.29) is 0 Å². The lowest BCUT2D eigenvalue weighted by molar-refractivity contribution is 0.175. The van der Waals surface area contributed by atoms with Crippen LogP contribution >= 0.6 is 0 Å². The van der Waals surface area contributed by atoms with Crippen molar-refractivity contribution in [3.05, 3.63) is 47.3 Å². The topological polar surface area (TPSA) is 47.3 Å². The Kier molecular flexibility index (Phi) is 5.39. The van der Waals surface area contributed by atoms with E-state index in [0.717, 1.165) is 42.1 Å². The molecular weight excluding hydrogens is 264 g/mol. The van der Waals surface area contributed by atoms with E-state index in [1.165, 1.54) is 0 Å². The van der Waals surface area contributed by atoms with Gasteiger partial charge in [-0.3, -0.25) is 4.68 Å². The molecule has 1 heterocycles. The average molecular weight is 288 g/mol. The number of aromatic nitrogens is 2. The van der Waals surface area contributed by atoms with E-state index in [1.807, 2.05) is 49.0 Å². The quantitative estimate of drug-likeness (QED) is 0.796. The number of aliphatic hydroxyl groups excluding tert-OH is 1. The zero-order chi connectivity index (χ0) is 15.2. The zero-order valence-corrected chi connectivity index (χ0v) is 13.0. The van der Waals surface area contributed by atoms with Gasteiger partial charge in [0.2, 0.25) is 0 Å². The molecule has 0 bridgehead atoms. The Morgan fingerprint density at radius 2 is 2.00 bits per heavy atom. The highest BCUT2D eigenvalue weighted by molar-refractivity contribution is 5.29. The van der Waals surface area contributed by atoms with E-state index in [4.69, 9.17) is 4.74 Å². The predicted octanol–water partition coefficient (Wildman–Crippen LogP) is 3.18. The Balaban J connectivity index is 1.96. The van der Waals surface area contributed by atoms with Crippen LogP contribution in [0.15, 0.2) is 30.3 Å². The van der Waals surface area contributed by atoms with Gasteiger partial charge in [0.25, 0.3) is 0 Å². The number of aryl methyl sites for hydroxylation is 2. The molecule has 0 aliphatic carbocycles. The van der Waals surface area contributed by atoms with Crippen LogP contribution in [0.4, 0.5) is 0 Å². The van der Waals surface area contributed by atoms with Gasteiger partial charge in [0.05, 0.1) is 18.4 Å². The van der Waals surface area contributed by atoms with Crippen LogP contribution in [0.25, 0.3) is 0 Å². The number of ether oxygens (including phenoxy) is 1. The molecule has 1 unspecified atom stereocenters. The first-order chi connectivity index (χ1) is 10.1. The summed E-state index contributed by atoms with van der Waals surface area (Å²) in [5.41, 5.74) is 2.90. The van der Waals surface area contributed by atoms with Crippen molar-refractivity contribution in [3.8, 4) is 5.75 Å².